The number of nitrogens with one attached hydrogen (secondary N) is 1. The molecule has 10 atom stereocenters. The number of allylic oxidation sites excluding steroid dienone is 1. The molecule has 0 amide bonds. The lowest BCUT2D eigenvalue weighted by Crippen LogP contribution is -3.00. The molecule has 0 spiro atoms. The molecule has 0 aromatic heterocycles. The second-order valence-electron chi connectivity index (χ2n) is 15.5. The first-order valence-electron chi connectivity index (χ1n) is 17.3. The standard InChI is InChI=1S/C35H62N4O2.2ClH/c1-7-24(22(2)3)11-10-23(4)28-14-15-29-27-13-12-25-21-26(41-32(40)31(36)9-8-20-39-33(37)38)16-18-34(25,5)30(27)17-19-35(28,29)6;;/h12,22-24,26-31H,7-11,13-21,36H2,1-6H3,(H4,37,38,39);2*1H/t23-,24-,26+,27+,28-,29+,30+,31+,34+,35-;;/m1../s1. The molecule has 4 aliphatic carbocycles. The number of carbonyl (C=O) groups is 1. The average molecular weight is 644 g/mol. The van der Waals surface area contributed by atoms with Crippen molar-refractivity contribution in [1.29, 1.82) is 0 Å². The molecule has 3 fully saturated rings. The Labute approximate surface area is 275 Å². The fourth-order valence-corrected chi connectivity index (χ4v) is 10.3. The van der Waals surface area contributed by atoms with Crippen molar-refractivity contribution in [1.82, 2.24) is 0 Å². The molecular formula is C35H64Cl2N4O2. The molecule has 0 bridgehead atoms. The van der Waals surface area contributed by atoms with Crippen LogP contribution in [0, 0.1) is 52.3 Å². The molecule has 0 aromatic carbocycles. The number of quaternary nitrogens is 1. The Kier molecular flexibility index (Phi) is 14.2. The molecular weight excluding hydrogens is 579 g/mol. The van der Waals surface area contributed by atoms with Crippen molar-refractivity contribution >= 4 is 11.9 Å². The first kappa shape index (κ1) is 38.2. The SMILES string of the molecule is CC[C@H](CC[C@@H](C)[C@H]1CC[C@H]2[C@@H]3CC=C4C[C@@H](OC(=O)[C@@H]([NH3+])CCC[NH+]=C(N)N)CC[C@]4(C)[C@H]3CC[C@]12C)C(C)C.[Cl-].[Cl-]. The highest BCUT2D eigenvalue weighted by atomic mass is 35.5. The fraction of sp³-hybridized carbons (Fsp3) is 0.886. The molecule has 4 rings (SSSR count). The lowest BCUT2D eigenvalue weighted by Gasteiger charge is -2.58. The highest BCUT2D eigenvalue weighted by molar-refractivity contribution is 5.74. The third-order valence-electron chi connectivity index (χ3n) is 13.0. The van der Waals surface area contributed by atoms with E-state index in [1.807, 2.05) is 0 Å². The van der Waals surface area contributed by atoms with Crippen LogP contribution in [0.3, 0.4) is 0 Å². The molecule has 0 saturated heterocycles. The van der Waals surface area contributed by atoms with Crippen LogP contribution in [0.4, 0.5) is 0 Å². The Morgan fingerprint density at radius 3 is 2.42 bits per heavy atom. The van der Waals surface area contributed by atoms with E-state index in [0.29, 0.717) is 18.4 Å². The number of fused-ring (bicyclic) bond motifs is 5. The molecule has 250 valence electrons. The Hall–Kier alpha value is -0.980. The first-order chi connectivity index (χ1) is 19.4. The fourth-order valence-electron chi connectivity index (χ4n) is 10.3. The third-order valence-corrected chi connectivity index (χ3v) is 13.0. The minimum absolute atomic E-state index is 0. The minimum Gasteiger partial charge on any atom is -1.00 e. The average Bonchev–Trinajstić information content (AvgIpc) is 3.28. The van der Waals surface area contributed by atoms with E-state index >= 15 is 0 Å². The van der Waals surface area contributed by atoms with E-state index < -0.39 is 0 Å². The third kappa shape index (κ3) is 8.25. The Morgan fingerprint density at radius 1 is 1.05 bits per heavy atom. The minimum atomic E-state index is -0.346. The largest absolute Gasteiger partial charge is 1.00 e. The smallest absolute Gasteiger partial charge is 0.365 e. The van der Waals surface area contributed by atoms with E-state index in [0.717, 1.165) is 67.1 Å². The van der Waals surface area contributed by atoms with Crippen molar-refractivity contribution in [2.75, 3.05) is 6.54 Å². The summed E-state index contributed by atoms with van der Waals surface area (Å²) >= 11 is 0. The molecule has 43 heavy (non-hydrogen) atoms. The number of guanidine groups is 1. The van der Waals surface area contributed by atoms with Crippen molar-refractivity contribution in [2.45, 2.75) is 137 Å². The van der Waals surface area contributed by atoms with Gasteiger partial charge in [-0.25, -0.2) is 4.79 Å². The summed E-state index contributed by atoms with van der Waals surface area (Å²) in [5, 5.41) is 0. The zero-order valence-corrected chi connectivity index (χ0v) is 29.6. The van der Waals surface area contributed by atoms with Gasteiger partial charge in [0.2, 0.25) is 0 Å². The molecule has 0 radical (unpaired) electrons. The number of esters is 1. The summed E-state index contributed by atoms with van der Waals surface area (Å²) in [7, 11) is 0. The first-order valence-corrected chi connectivity index (χ1v) is 17.3. The van der Waals surface area contributed by atoms with Crippen molar-refractivity contribution in [3.63, 3.8) is 0 Å². The van der Waals surface area contributed by atoms with Gasteiger partial charge >= 0.3 is 11.9 Å². The highest BCUT2D eigenvalue weighted by Crippen LogP contribution is 2.67. The number of nitrogens with two attached hydrogens (primary N) is 2. The van der Waals surface area contributed by atoms with Crippen LogP contribution in [-0.4, -0.2) is 30.6 Å². The summed E-state index contributed by atoms with van der Waals surface area (Å²) in [6.07, 6.45) is 18.1. The zero-order valence-electron chi connectivity index (χ0n) is 28.1. The van der Waals surface area contributed by atoms with E-state index in [1.54, 1.807) is 5.57 Å². The van der Waals surface area contributed by atoms with Gasteiger partial charge in [0.05, 0.1) is 6.54 Å². The van der Waals surface area contributed by atoms with E-state index in [4.69, 9.17) is 16.2 Å². The van der Waals surface area contributed by atoms with Gasteiger partial charge in [0, 0.05) is 12.8 Å². The maximum atomic E-state index is 12.8. The number of rotatable bonds is 12. The monoisotopic (exact) mass is 642 g/mol. The molecule has 4 aliphatic rings. The maximum Gasteiger partial charge on any atom is 0.365 e. The lowest BCUT2D eigenvalue weighted by atomic mass is 9.47. The van der Waals surface area contributed by atoms with Crippen molar-refractivity contribution < 1.29 is 45.1 Å². The van der Waals surface area contributed by atoms with Crippen LogP contribution in [0.5, 0.6) is 0 Å². The van der Waals surface area contributed by atoms with Gasteiger partial charge in [-0.3, -0.25) is 16.5 Å². The summed E-state index contributed by atoms with van der Waals surface area (Å²) in [6, 6.07) is -0.346. The van der Waals surface area contributed by atoms with Crippen LogP contribution in [0.1, 0.15) is 125 Å². The van der Waals surface area contributed by atoms with Gasteiger partial charge in [-0.2, -0.15) is 0 Å². The Balaban J connectivity index is 0.00000323. The predicted molar refractivity (Wildman–Crippen MR) is 167 cm³/mol. The molecule has 8 N–H and O–H groups in total. The van der Waals surface area contributed by atoms with E-state index in [1.165, 1.54) is 51.4 Å². The van der Waals surface area contributed by atoms with Crippen LogP contribution in [0.2, 0.25) is 0 Å². The predicted octanol–water partition coefficient (Wildman–Crippen LogP) is -1.67. The van der Waals surface area contributed by atoms with E-state index in [9.17, 15) is 4.79 Å². The second-order valence-corrected chi connectivity index (χ2v) is 15.5. The Bertz CT molecular complexity index is 969. The van der Waals surface area contributed by atoms with Crippen LogP contribution in [0.25, 0.3) is 0 Å². The molecule has 0 heterocycles. The Morgan fingerprint density at radius 2 is 1.77 bits per heavy atom. The number of hydrogen-bond donors (Lipinski definition) is 4. The van der Waals surface area contributed by atoms with Crippen molar-refractivity contribution in [3.8, 4) is 0 Å². The normalized spacial score (nSPS) is 35.1. The summed E-state index contributed by atoms with van der Waals surface area (Å²) in [5.41, 5.74) is 17.3. The van der Waals surface area contributed by atoms with Gasteiger partial charge in [0.1, 0.15) is 6.10 Å². The maximum absolute atomic E-state index is 12.8. The van der Waals surface area contributed by atoms with E-state index in [2.05, 4.69) is 58.3 Å². The number of hydrogen-bond acceptors (Lipinski definition) is 2. The molecule has 8 heteroatoms. The van der Waals surface area contributed by atoms with E-state index in [-0.39, 0.29) is 54.3 Å². The molecule has 0 aromatic rings. The second kappa shape index (κ2) is 16.0. The molecule has 6 nitrogen and oxygen atoms in total. The quantitative estimate of drug-likeness (QED) is 0.0669. The zero-order chi connectivity index (χ0) is 29.9. The van der Waals surface area contributed by atoms with Crippen LogP contribution < -0.4 is 47.0 Å². The van der Waals surface area contributed by atoms with Gasteiger partial charge in [-0.05, 0) is 110 Å². The van der Waals surface area contributed by atoms with Gasteiger partial charge < -0.3 is 35.3 Å². The summed E-state index contributed by atoms with van der Waals surface area (Å²) in [6.45, 7) is 15.7. The van der Waals surface area contributed by atoms with Gasteiger partial charge in [0.15, 0.2) is 6.04 Å². The van der Waals surface area contributed by atoms with Crippen LogP contribution in [0.15, 0.2) is 11.6 Å². The molecule has 0 aliphatic heterocycles. The van der Waals surface area contributed by atoms with Gasteiger partial charge in [0.25, 0.3) is 0 Å². The summed E-state index contributed by atoms with van der Waals surface area (Å²) in [5.74, 6) is 5.97. The van der Waals surface area contributed by atoms with Crippen molar-refractivity contribution in [2.24, 2.45) is 63.7 Å². The molecule has 0 unspecified atom stereocenters. The van der Waals surface area contributed by atoms with Crippen LogP contribution in [-0.2, 0) is 9.53 Å². The highest BCUT2D eigenvalue weighted by Gasteiger charge is 2.59. The van der Waals surface area contributed by atoms with Crippen LogP contribution >= 0.6 is 0 Å². The van der Waals surface area contributed by atoms with Gasteiger partial charge in [-0.1, -0.05) is 66.0 Å². The molecule has 3 saturated carbocycles. The topological polar surface area (TPSA) is 120 Å². The number of ether oxygens (including phenoxy) is 1. The number of carbonyl (C=O) groups excluding carboxylic acids is 1. The van der Waals surface area contributed by atoms with Gasteiger partial charge in [-0.15, -0.1) is 0 Å². The van der Waals surface area contributed by atoms with Crippen molar-refractivity contribution in [3.05, 3.63) is 11.6 Å². The number of halogens is 2. The lowest BCUT2D eigenvalue weighted by molar-refractivity contribution is -0.463. The summed E-state index contributed by atoms with van der Waals surface area (Å²) in [4.78, 5) is 15.7. The summed E-state index contributed by atoms with van der Waals surface area (Å²) < 4.78 is 6.03.